The summed E-state index contributed by atoms with van der Waals surface area (Å²) in [6.45, 7) is 0. The third kappa shape index (κ3) is 1.62. The molecule has 0 saturated heterocycles. The first-order valence-corrected chi connectivity index (χ1v) is 4.82. The molecule has 13 heavy (non-hydrogen) atoms. The molecule has 1 N–H and O–H groups in total. The minimum absolute atomic E-state index is 0.123. The Labute approximate surface area is 87.7 Å². The molecule has 0 spiro atoms. The smallest absolute Gasteiger partial charge is 0.248 e. The average molecular weight is 259 g/mol. The Kier molecular flexibility index (Phi) is 2.14. The molecule has 0 atom stereocenters. The third-order valence-corrected chi connectivity index (χ3v) is 2.52. The fraction of sp³-hybridized carbons (Fsp3) is 0. The molecule has 0 unspecified atom stereocenters. The van der Waals surface area contributed by atoms with Crippen LogP contribution in [0.25, 0.3) is 10.9 Å². The van der Waals surface area contributed by atoms with E-state index in [1.54, 1.807) is 12.1 Å². The zero-order chi connectivity index (χ0) is 9.42. The van der Waals surface area contributed by atoms with E-state index in [9.17, 15) is 4.79 Å². The van der Waals surface area contributed by atoms with E-state index in [0.717, 1.165) is 15.4 Å². The van der Waals surface area contributed by atoms with Crippen LogP contribution < -0.4 is 5.56 Å². The van der Waals surface area contributed by atoms with Gasteiger partial charge in [0.25, 0.3) is 0 Å². The Hall–Kier alpha value is -0.800. The van der Waals surface area contributed by atoms with Gasteiger partial charge in [-0.15, -0.1) is 0 Å². The van der Waals surface area contributed by atoms with Crippen molar-refractivity contribution in [2.45, 2.75) is 0 Å². The van der Waals surface area contributed by atoms with Crippen molar-refractivity contribution in [1.29, 1.82) is 0 Å². The van der Waals surface area contributed by atoms with Gasteiger partial charge in [-0.05, 0) is 18.2 Å². The third-order valence-electron chi connectivity index (χ3n) is 1.75. The van der Waals surface area contributed by atoms with E-state index in [1.807, 2.05) is 6.07 Å². The molecule has 1 aromatic carbocycles. The van der Waals surface area contributed by atoms with Crippen molar-refractivity contribution >= 4 is 38.4 Å². The predicted octanol–water partition coefficient (Wildman–Crippen LogP) is 2.94. The first-order chi connectivity index (χ1) is 6.16. The van der Waals surface area contributed by atoms with Crippen LogP contribution in [0.5, 0.6) is 0 Å². The van der Waals surface area contributed by atoms with Crippen molar-refractivity contribution in [2.24, 2.45) is 0 Å². The molecule has 0 radical (unpaired) electrons. The molecule has 2 nitrogen and oxygen atoms in total. The van der Waals surface area contributed by atoms with Crippen molar-refractivity contribution in [1.82, 2.24) is 4.98 Å². The van der Waals surface area contributed by atoms with Gasteiger partial charge in [-0.1, -0.05) is 27.5 Å². The quantitative estimate of drug-likeness (QED) is 0.774. The first-order valence-electron chi connectivity index (χ1n) is 3.65. The lowest BCUT2D eigenvalue weighted by Crippen LogP contribution is -2.02. The van der Waals surface area contributed by atoms with E-state index < -0.39 is 0 Å². The van der Waals surface area contributed by atoms with Crippen LogP contribution in [0.1, 0.15) is 0 Å². The van der Waals surface area contributed by atoms with Crippen LogP contribution in [-0.4, -0.2) is 4.98 Å². The van der Waals surface area contributed by atoms with Crippen molar-refractivity contribution in [2.75, 3.05) is 0 Å². The number of H-pyrrole nitrogens is 1. The minimum Gasteiger partial charge on any atom is -0.322 e. The Bertz CT molecular complexity index is 520. The van der Waals surface area contributed by atoms with E-state index in [1.165, 1.54) is 6.07 Å². The molecular formula is C9H5BrClNO. The highest BCUT2D eigenvalue weighted by Crippen LogP contribution is 2.25. The first kappa shape index (κ1) is 8.78. The number of pyridine rings is 1. The second-order valence-electron chi connectivity index (χ2n) is 2.67. The van der Waals surface area contributed by atoms with Gasteiger partial charge >= 0.3 is 0 Å². The lowest BCUT2D eigenvalue weighted by atomic mass is 10.2. The summed E-state index contributed by atoms with van der Waals surface area (Å²) < 4.78 is 0.854. The molecule has 0 amide bonds. The summed E-state index contributed by atoms with van der Waals surface area (Å²) >= 11 is 9.26. The molecule has 2 aromatic rings. The zero-order valence-electron chi connectivity index (χ0n) is 6.47. The summed E-state index contributed by atoms with van der Waals surface area (Å²) in [5, 5.41) is 1.48. The monoisotopic (exact) mass is 257 g/mol. The molecule has 1 heterocycles. The average Bonchev–Trinajstić information content (AvgIpc) is 2.02. The number of nitrogens with one attached hydrogen (secondary N) is 1. The Morgan fingerprint density at radius 3 is 2.85 bits per heavy atom. The number of rotatable bonds is 0. The van der Waals surface area contributed by atoms with Gasteiger partial charge in [0.1, 0.15) is 0 Å². The van der Waals surface area contributed by atoms with Crippen molar-refractivity contribution in [3.8, 4) is 0 Å². The van der Waals surface area contributed by atoms with Gasteiger partial charge in [0.2, 0.25) is 5.56 Å². The van der Waals surface area contributed by atoms with E-state index >= 15 is 0 Å². The highest BCUT2D eigenvalue weighted by molar-refractivity contribution is 9.10. The van der Waals surface area contributed by atoms with E-state index in [-0.39, 0.29) is 5.56 Å². The highest BCUT2D eigenvalue weighted by Gasteiger charge is 2.00. The SMILES string of the molecule is O=c1ccc2c(Cl)cc(Br)cc2[nH]1. The number of hydrogen-bond donors (Lipinski definition) is 1. The maximum absolute atomic E-state index is 11.0. The molecule has 0 aliphatic heterocycles. The molecule has 0 aliphatic carbocycles. The number of fused-ring (bicyclic) bond motifs is 1. The fourth-order valence-corrected chi connectivity index (χ4v) is 2.06. The zero-order valence-corrected chi connectivity index (χ0v) is 8.82. The van der Waals surface area contributed by atoms with Crippen LogP contribution in [0.4, 0.5) is 0 Å². The summed E-state index contributed by atoms with van der Waals surface area (Å²) in [6, 6.07) is 6.79. The predicted molar refractivity (Wildman–Crippen MR) is 57.3 cm³/mol. The van der Waals surface area contributed by atoms with Gasteiger partial charge in [0.05, 0.1) is 10.5 Å². The molecule has 1 aromatic heterocycles. The van der Waals surface area contributed by atoms with E-state index in [2.05, 4.69) is 20.9 Å². The van der Waals surface area contributed by atoms with Crippen molar-refractivity contribution in [3.05, 3.63) is 44.1 Å². The lowest BCUT2D eigenvalue weighted by molar-refractivity contribution is 1.30. The fourth-order valence-electron chi connectivity index (χ4n) is 1.19. The second kappa shape index (κ2) is 3.16. The summed E-state index contributed by atoms with van der Waals surface area (Å²) in [5.74, 6) is 0. The standard InChI is InChI=1S/C9H5BrClNO/c10-5-3-7(11)6-1-2-9(13)12-8(6)4-5/h1-4H,(H,12,13). The molecule has 66 valence electrons. The van der Waals surface area contributed by atoms with Crippen molar-refractivity contribution < 1.29 is 0 Å². The number of benzene rings is 1. The molecular weight excluding hydrogens is 253 g/mol. The summed E-state index contributed by atoms with van der Waals surface area (Å²) in [6.07, 6.45) is 0. The minimum atomic E-state index is -0.123. The molecule has 4 heteroatoms. The van der Waals surface area contributed by atoms with Gasteiger partial charge in [-0.25, -0.2) is 0 Å². The van der Waals surface area contributed by atoms with Gasteiger partial charge in [-0.2, -0.15) is 0 Å². The Morgan fingerprint density at radius 1 is 1.31 bits per heavy atom. The number of aromatic amines is 1. The summed E-state index contributed by atoms with van der Waals surface area (Å²) in [4.78, 5) is 13.7. The van der Waals surface area contributed by atoms with Crippen LogP contribution in [-0.2, 0) is 0 Å². The summed E-state index contributed by atoms with van der Waals surface area (Å²) in [7, 11) is 0. The maximum Gasteiger partial charge on any atom is 0.248 e. The summed E-state index contributed by atoms with van der Waals surface area (Å²) in [5.41, 5.74) is 0.619. The van der Waals surface area contributed by atoms with Crippen LogP contribution in [0.3, 0.4) is 0 Å². The highest BCUT2D eigenvalue weighted by atomic mass is 79.9. The van der Waals surface area contributed by atoms with Crippen LogP contribution in [0.15, 0.2) is 33.5 Å². The topological polar surface area (TPSA) is 32.9 Å². The second-order valence-corrected chi connectivity index (χ2v) is 3.99. The lowest BCUT2D eigenvalue weighted by Gasteiger charge is -2.00. The maximum atomic E-state index is 11.0. The number of halogens is 2. The molecule has 0 fully saturated rings. The Balaban J connectivity index is 2.94. The van der Waals surface area contributed by atoms with Crippen LogP contribution in [0.2, 0.25) is 5.02 Å². The molecule has 0 aliphatic rings. The number of hydrogen-bond acceptors (Lipinski definition) is 1. The normalized spacial score (nSPS) is 10.6. The van der Waals surface area contributed by atoms with Gasteiger partial charge in [-0.3, -0.25) is 4.79 Å². The molecule has 0 saturated carbocycles. The molecule has 0 bridgehead atoms. The Morgan fingerprint density at radius 2 is 2.08 bits per heavy atom. The van der Waals surface area contributed by atoms with Gasteiger partial charge in [0.15, 0.2) is 0 Å². The van der Waals surface area contributed by atoms with Crippen LogP contribution >= 0.6 is 27.5 Å². The number of aromatic nitrogens is 1. The van der Waals surface area contributed by atoms with E-state index in [4.69, 9.17) is 11.6 Å². The van der Waals surface area contributed by atoms with Gasteiger partial charge in [0, 0.05) is 15.9 Å². The van der Waals surface area contributed by atoms with E-state index in [0.29, 0.717) is 5.02 Å². The van der Waals surface area contributed by atoms with Crippen molar-refractivity contribution in [3.63, 3.8) is 0 Å². The largest absolute Gasteiger partial charge is 0.322 e. The molecule has 2 rings (SSSR count). The van der Waals surface area contributed by atoms with Gasteiger partial charge < -0.3 is 4.98 Å². The van der Waals surface area contributed by atoms with Crippen LogP contribution in [0, 0.1) is 0 Å².